The largest absolute Gasteiger partial charge is 0.493 e. The summed E-state index contributed by atoms with van der Waals surface area (Å²) < 4.78 is 21.3. The summed E-state index contributed by atoms with van der Waals surface area (Å²) in [7, 11) is 3.15. The van der Waals surface area contributed by atoms with Crippen molar-refractivity contribution >= 4 is 23.6 Å². The normalized spacial score (nSPS) is 10.3. The average Bonchev–Trinajstić information content (AvgIpc) is 3.24. The zero-order valence-electron chi connectivity index (χ0n) is 15.9. The monoisotopic (exact) mass is 413 g/mol. The standard InChI is InChI=1S/C21H19NO6S/c1-25-18-5-3-4-17(20(18)26-2)21-22-15(13-29-21)11-28-19(24)12-27-16-8-6-14(10-23)7-9-16/h3-10,13H,11-12H2,1-2H3. The lowest BCUT2D eigenvalue weighted by Gasteiger charge is -2.10. The summed E-state index contributed by atoms with van der Waals surface area (Å²) in [6, 6.07) is 12.0. The summed E-state index contributed by atoms with van der Waals surface area (Å²) in [4.78, 5) is 27.0. The molecule has 0 radical (unpaired) electrons. The molecular formula is C21H19NO6S. The number of thiazole rings is 1. The molecule has 0 aliphatic heterocycles. The fraction of sp³-hybridized carbons (Fsp3) is 0.190. The topological polar surface area (TPSA) is 84.0 Å². The van der Waals surface area contributed by atoms with E-state index in [-0.39, 0.29) is 13.2 Å². The van der Waals surface area contributed by atoms with Crippen molar-refractivity contribution < 1.29 is 28.5 Å². The number of esters is 1. The second kappa shape index (κ2) is 9.70. The number of nitrogens with zero attached hydrogens (tertiary/aromatic N) is 1. The van der Waals surface area contributed by atoms with Gasteiger partial charge in [0.2, 0.25) is 0 Å². The number of benzene rings is 2. The number of aldehydes is 1. The van der Waals surface area contributed by atoms with Crippen molar-refractivity contribution in [2.45, 2.75) is 6.61 Å². The molecule has 0 aliphatic carbocycles. The van der Waals surface area contributed by atoms with Crippen LogP contribution in [0.5, 0.6) is 17.2 Å². The third-order valence-corrected chi connectivity index (χ3v) is 4.86. The van der Waals surface area contributed by atoms with Crippen molar-refractivity contribution in [2.75, 3.05) is 20.8 Å². The first-order valence-electron chi connectivity index (χ1n) is 8.64. The van der Waals surface area contributed by atoms with Crippen LogP contribution >= 0.6 is 11.3 Å². The Labute approximate surface area is 171 Å². The quantitative estimate of drug-likeness (QED) is 0.390. The molecule has 0 saturated heterocycles. The molecule has 0 spiro atoms. The number of rotatable bonds is 9. The van der Waals surface area contributed by atoms with Gasteiger partial charge in [-0.1, -0.05) is 6.07 Å². The van der Waals surface area contributed by atoms with Crippen LogP contribution in [0.25, 0.3) is 10.6 Å². The highest BCUT2D eigenvalue weighted by atomic mass is 32.1. The smallest absolute Gasteiger partial charge is 0.344 e. The highest BCUT2D eigenvalue weighted by molar-refractivity contribution is 7.13. The van der Waals surface area contributed by atoms with Gasteiger partial charge < -0.3 is 18.9 Å². The highest BCUT2D eigenvalue weighted by Gasteiger charge is 2.15. The molecule has 0 saturated carbocycles. The Morgan fingerprint density at radius 2 is 1.90 bits per heavy atom. The van der Waals surface area contributed by atoms with Crippen molar-refractivity contribution in [3.05, 3.63) is 59.1 Å². The SMILES string of the molecule is COc1cccc(-c2nc(COC(=O)COc3ccc(C=O)cc3)cs2)c1OC. The number of hydrogen-bond donors (Lipinski definition) is 0. The van der Waals surface area contributed by atoms with Crippen molar-refractivity contribution in [1.29, 1.82) is 0 Å². The fourth-order valence-corrected chi connectivity index (χ4v) is 3.36. The van der Waals surface area contributed by atoms with Crippen molar-refractivity contribution in [3.63, 3.8) is 0 Å². The van der Waals surface area contributed by atoms with Crippen LogP contribution in [0.1, 0.15) is 16.1 Å². The molecule has 0 amide bonds. The first-order valence-corrected chi connectivity index (χ1v) is 9.52. The molecule has 1 aromatic heterocycles. The van der Waals surface area contributed by atoms with Gasteiger partial charge in [-0.2, -0.15) is 0 Å². The summed E-state index contributed by atoms with van der Waals surface area (Å²) in [5.41, 5.74) is 1.96. The molecule has 7 nitrogen and oxygen atoms in total. The number of ether oxygens (including phenoxy) is 4. The molecule has 0 aliphatic rings. The van der Waals surface area contributed by atoms with Crippen LogP contribution in [0.4, 0.5) is 0 Å². The molecule has 2 aromatic carbocycles. The van der Waals surface area contributed by atoms with Gasteiger partial charge in [0, 0.05) is 10.9 Å². The molecule has 29 heavy (non-hydrogen) atoms. The minimum Gasteiger partial charge on any atom is -0.493 e. The second-order valence-corrected chi connectivity index (χ2v) is 6.68. The van der Waals surface area contributed by atoms with Crippen molar-refractivity contribution in [1.82, 2.24) is 4.98 Å². The van der Waals surface area contributed by atoms with Crippen LogP contribution < -0.4 is 14.2 Å². The maximum absolute atomic E-state index is 11.9. The lowest BCUT2D eigenvalue weighted by atomic mass is 10.2. The van der Waals surface area contributed by atoms with Gasteiger partial charge in [-0.25, -0.2) is 9.78 Å². The van der Waals surface area contributed by atoms with Crippen LogP contribution in [0, 0.1) is 0 Å². The summed E-state index contributed by atoms with van der Waals surface area (Å²) >= 11 is 1.42. The van der Waals surface area contributed by atoms with E-state index in [0.29, 0.717) is 28.5 Å². The minimum atomic E-state index is -0.516. The van der Waals surface area contributed by atoms with Crippen LogP contribution in [0.15, 0.2) is 47.8 Å². The molecule has 0 atom stereocenters. The minimum absolute atomic E-state index is 0.0368. The Balaban J connectivity index is 1.56. The van der Waals surface area contributed by atoms with Gasteiger partial charge in [-0.15, -0.1) is 11.3 Å². The van der Waals surface area contributed by atoms with Gasteiger partial charge in [0.1, 0.15) is 23.7 Å². The molecule has 3 rings (SSSR count). The number of methoxy groups -OCH3 is 2. The lowest BCUT2D eigenvalue weighted by Crippen LogP contribution is -2.14. The number of carbonyl (C=O) groups excluding carboxylic acids is 2. The Morgan fingerprint density at radius 3 is 2.59 bits per heavy atom. The molecule has 1 heterocycles. The van der Waals surface area contributed by atoms with Crippen LogP contribution in [-0.2, 0) is 16.1 Å². The zero-order valence-corrected chi connectivity index (χ0v) is 16.7. The van der Waals surface area contributed by atoms with E-state index < -0.39 is 5.97 Å². The summed E-state index contributed by atoms with van der Waals surface area (Å²) in [6.07, 6.45) is 0.737. The summed E-state index contributed by atoms with van der Waals surface area (Å²) in [5.74, 6) is 1.18. The third-order valence-electron chi connectivity index (χ3n) is 3.94. The number of aromatic nitrogens is 1. The van der Waals surface area contributed by atoms with Crippen LogP contribution in [-0.4, -0.2) is 38.1 Å². The van der Waals surface area contributed by atoms with E-state index in [9.17, 15) is 9.59 Å². The van der Waals surface area contributed by atoms with Gasteiger partial charge in [-0.05, 0) is 36.4 Å². The predicted molar refractivity (Wildman–Crippen MR) is 108 cm³/mol. The fourth-order valence-electron chi connectivity index (χ4n) is 2.53. The number of para-hydroxylation sites is 1. The average molecular weight is 413 g/mol. The van der Waals surface area contributed by atoms with Gasteiger partial charge >= 0.3 is 5.97 Å². The van der Waals surface area contributed by atoms with E-state index in [2.05, 4.69) is 4.98 Å². The summed E-state index contributed by atoms with van der Waals surface area (Å²) in [5, 5.41) is 2.55. The van der Waals surface area contributed by atoms with Gasteiger partial charge in [0.25, 0.3) is 0 Å². The second-order valence-electron chi connectivity index (χ2n) is 5.82. The first kappa shape index (κ1) is 20.3. The van der Waals surface area contributed by atoms with Crippen LogP contribution in [0.2, 0.25) is 0 Å². The van der Waals surface area contributed by atoms with E-state index in [0.717, 1.165) is 16.9 Å². The Kier molecular flexibility index (Phi) is 6.80. The van der Waals surface area contributed by atoms with Crippen LogP contribution in [0.3, 0.4) is 0 Å². The molecule has 150 valence electrons. The van der Waals surface area contributed by atoms with E-state index in [1.807, 2.05) is 23.6 Å². The van der Waals surface area contributed by atoms with E-state index >= 15 is 0 Å². The molecular weight excluding hydrogens is 394 g/mol. The van der Waals surface area contributed by atoms with Crippen molar-refractivity contribution in [3.8, 4) is 27.8 Å². The molecule has 0 N–H and O–H groups in total. The molecule has 3 aromatic rings. The first-order chi connectivity index (χ1) is 14.1. The highest BCUT2D eigenvalue weighted by Crippen LogP contribution is 2.38. The third kappa shape index (κ3) is 5.11. The molecule has 8 heteroatoms. The number of carbonyl (C=O) groups is 2. The molecule has 0 bridgehead atoms. The Morgan fingerprint density at radius 1 is 1.10 bits per heavy atom. The molecule has 0 fully saturated rings. The Bertz CT molecular complexity index is 983. The van der Waals surface area contributed by atoms with E-state index in [1.54, 1.807) is 38.5 Å². The summed E-state index contributed by atoms with van der Waals surface area (Å²) in [6.45, 7) is -0.198. The molecule has 0 unspecified atom stereocenters. The predicted octanol–water partition coefficient (Wildman–Crippen LogP) is 3.76. The number of hydrogen-bond acceptors (Lipinski definition) is 8. The van der Waals surface area contributed by atoms with Gasteiger partial charge in [0.05, 0.1) is 25.5 Å². The lowest BCUT2D eigenvalue weighted by molar-refractivity contribution is -0.147. The van der Waals surface area contributed by atoms with Gasteiger partial charge in [0.15, 0.2) is 18.1 Å². The van der Waals surface area contributed by atoms with Gasteiger partial charge in [-0.3, -0.25) is 4.79 Å². The Hall–Kier alpha value is -3.39. The van der Waals surface area contributed by atoms with E-state index in [1.165, 1.54) is 11.3 Å². The zero-order chi connectivity index (χ0) is 20.6. The van der Waals surface area contributed by atoms with Crippen molar-refractivity contribution in [2.24, 2.45) is 0 Å². The maximum atomic E-state index is 11.9. The van der Waals surface area contributed by atoms with E-state index in [4.69, 9.17) is 18.9 Å². The maximum Gasteiger partial charge on any atom is 0.344 e.